The predicted molar refractivity (Wildman–Crippen MR) is 91.3 cm³/mol. The highest BCUT2D eigenvalue weighted by molar-refractivity contribution is 7.13. The Morgan fingerprint density at radius 3 is 2.91 bits per heavy atom. The second kappa shape index (κ2) is 7.21. The largest absolute Gasteiger partial charge is 0.366 e. The minimum absolute atomic E-state index is 0.0259. The van der Waals surface area contributed by atoms with Crippen molar-refractivity contribution in [2.45, 2.75) is 12.6 Å². The first kappa shape index (κ1) is 16.1. The lowest BCUT2D eigenvalue weighted by Crippen LogP contribution is -2.49. The van der Waals surface area contributed by atoms with Crippen molar-refractivity contribution >= 4 is 17.2 Å². The minimum Gasteiger partial charge on any atom is -0.366 e. The third-order valence-corrected chi connectivity index (χ3v) is 4.77. The SMILES string of the molecule is CN(C)C(=O)C1CN(Cc2csc(-c3ccccc3)n2)CCO1. The Balaban J connectivity index is 1.63. The van der Waals surface area contributed by atoms with Crippen LogP contribution in [0.5, 0.6) is 0 Å². The highest BCUT2D eigenvalue weighted by atomic mass is 32.1. The van der Waals surface area contributed by atoms with Gasteiger partial charge in [0.1, 0.15) is 11.1 Å². The molecule has 1 aromatic heterocycles. The number of carbonyl (C=O) groups excluding carboxylic acids is 1. The minimum atomic E-state index is -0.369. The molecule has 0 bridgehead atoms. The molecule has 1 amide bonds. The Morgan fingerprint density at radius 1 is 1.39 bits per heavy atom. The van der Waals surface area contributed by atoms with Crippen molar-refractivity contribution in [3.05, 3.63) is 41.4 Å². The molecule has 3 rings (SSSR count). The number of aromatic nitrogens is 1. The van der Waals surface area contributed by atoms with E-state index in [1.807, 2.05) is 18.2 Å². The Bertz CT molecular complexity index is 657. The van der Waals surface area contributed by atoms with Gasteiger partial charge in [0.25, 0.3) is 5.91 Å². The summed E-state index contributed by atoms with van der Waals surface area (Å²) in [6, 6.07) is 10.2. The number of ether oxygens (including phenoxy) is 1. The molecule has 2 aromatic rings. The van der Waals surface area contributed by atoms with Crippen LogP contribution in [0.4, 0.5) is 0 Å². The summed E-state index contributed by atoms with van der Waals surface area (Å²) in [6.45, 7) is 2.79. The normalized spacial score (nSPS) is 18.8. The Kier molecular flexibility index (Phi) is 5.05. The van der Waals surface area contributed by atoms with Gasteiger partial charge in [-0.15, -0.1) is 11.3 Å². The van der Waals surface area contributed by atoms with Crippen LogP contribution in [-0.2, 0) is 16.1 Å². The van der Waals surface area contributed by atoms with Gasteiger partial charge in [-0.2, -0.15) is 0 Å². The Labute approximate surface area is 140 Å². The van der Waals surface area contributed by atoms with Crippen LogP contribution >= 0.6 is 11.3 Å². The van der Waals surface area contributed by atoms with Crippen LogP contribution < -0.4 is 0 Å². The second-order valence-electron chi connectivity index (χ2n) is 5.84. The van der Waals surface area contributed by atoms with Gasteiger partial charge < -0.3 is 9.64 Å². The summed E-state index contributed by atoms with van der Waals surface area (Å²) in [5.41, 5.74) is 2.19. The maximum absolute atomic E-state index is 12.0. The number of morpholine rings is 1. The highest BCUT2D eigenvalue weighted by Gasteiger charge is 2.28. The van der Waals surface area contributed by atoms with E-state index < -0.39 is 0 Å². The van der Waals surface area contributed by atoms with Gasteiger partial charge in [-0.1, -0.05) is 30.3 Å². The lowest BCUT2D eigenvalue weighted by Gasteiger charge is -2.32. The molecule has 1 atom stereocenters. The second-order valence-corrected chi connectivity index (χ2v) is 6.70. The zero-order valence-corrected chi connectivity index (χ0v) is 14.3. The number of rotatable bonds is 4. The van der Waals surface area contributed by atoms with Gasteiger partial charge in [0.2, 0.25) is 0 Å². The Hall–Kier alpha value is -1.76. The molecule has 1 unspecified atom stereocenters. The average molecular weight is 331 g/mol. The summed E-state index contributed by atoms with van der Waals surface area (Å²) in [6.07, 6.45) is -0.369. The van der Waals surface area contributed by atoms with Gasteiger partial charge in [0, 0.05) is 44.7 Å². The average Bonchev–Trinajstić information content (AvgIpc) is 3.03. The first-order valence-corrected chi connectivity index (χ1v) is 8.56. The van der Waals surface area contributed by atoms with Crippen LogP contribution in [0.15, 0.2) is 35.7 Å². The molecule has 2 heterocycles. The standard InChI is InChI=1S/C17H21N3O2S/c1-19(2)17(21)15-11-20(8-9-22-15)10-14-12-23-16(18-14)13-6-4-3-5-7-13/h3-7,12,15H,8-11H2,1-2H3. The molecule has 1 saturated heterocycles. The summed E-state index contributed by atoms with van der Waals surface area (Å²) >= 11 is 1.66. The number of likely N-dealkylation sites (N-methyl/N-ethyl adjacent to an activating group) is 1. The van der Waals surface area contributed by atoms with Crippen LogP contribution in [0.3, 0.4) is 0 Å². The molecule has 0 saturated carbocycles. The van der Waals surface area contributed by atoms with E-state index >= 15 is 0 Å². The summed E-state index contributed by atoms with van der Waals surface area (Å²) in [4.78, 5) is 20.6. The fraction of sp³-hybridized carbons (Fsp3) is 0.412. The van der Waals surface area contributed by atoms with Crippen molar-refractivity contribution in [2.75, 3.05) is 33.8 Å². The van der Waals surface area contributed by atoms with Crippen molar-refractivity contribution < 1.29 is 9.53 Å². The number of hydrogen-bond acceptors (Lipinski definition) is 5. The van der Waals surface area contributed by atoms with Crippen molar-refractivity contribution in [3.63, 3.8) is 0 Å². The third kappa shape index (κ3) is 3.96. The first-order chi connectivity index (χ1) is 11.1. The van der Waals surface area contributed by atoms with Gasteiger partial charge >= 0.3 is 0 Å². The quantitative estimate of drug-likeness (QED) is 0.861. The van der Waals surface area contributed by atoms with Crippen LogP contribution in [0, 0.1) is 0 Å². The first-order valence-electron chi connectivity index (χ1n) is 7.68. The van der Waals surface area contributed by atoms with Gasteiger partial charge in [-0.3, -0.25) is 9.69 Å². The fourth-order valence-electron chi connectivity index (χ4n) is 2.61. The maximum Gasteiger partial charge on any atom is 0.252 e. The lowest BCUT2D eigenvalue weighted by atomic mass is 10.2. The number of nitrogens with zero attached hydrogens (tertiary/aromatic N) is 3. The number of amides is 1. The summed E-state index contributed by atoms with van der Waals surface area (Å²) in [5.74, 6) is 0.0259. The van der Waals surface area contributed by atoms with E-state index in [0.717, 1.165) is 29.4 Å². The topological polar surface area (TPSA) is 45.7 Å². The molecular weight excluding hydrogens is 310 g/mol. The number of thiazole rings is 1. The van der Waals surface area contributed by atoms with Crippen LogP contribution in [0.2, 0.25) is 0 Å². The van der Waals surface area contributed by atoms with E-state index in [1.54, 1.807) is 30.3 Å². The number of carbonyl (C=O) groups is 1. The molecule has 0 spiro atoms. The lowest BCUT2D eigenvalue weighted by molar-refractivity contribution is -0.147. The fourth-order valence-corrected chi connectivity index (χ4v) is 3.42. The third-order valence-electron chi connectivity index (χ3n) is 3.82. The molecule has 1 aromatic carbocycles. The van der Waals surface area contributed by atoms with E-state index in [2.05, 4.69) is 22.4 Å². The Morgan fingerprint density at radius 2 is 2.17 bits per heavy atom. The van der Waals surface area contributed by atoms with Crippen LogP contribution in [-0.4, -0.2) is 60.6 Å². The molecule has 23 heavy (non-hydrogen) atoms. The molecule has 0 N–H and O–H groups in total. The van der Waals surface area contributed by atoms with Crippen molar-refractivity contribution in [3.8, 4) is 10.6 Å². The van der Waals surface area contributed by atoms with E-state index in [1.165, 1.54) is 0 Å². The van der Waals surface area contributed by atoms with Gasteiger partial charge in [-0.05, 0) is 0 Å². The van der Waals surface area contributed by atoms with Crippen LogP contribution in [0.1, 0.15) is 5.69 Å². The summed E-state index contributed by atoms with van der Waals surface area (Å²) in [7, 11) is 3.52. The van der Waals surface area contributed by atoms with Gasteiger partial charge in [0.15, 0.2) is 0 Å². The zero-order valence-electron chi connectivity index (χ0n) is 13.4. The van der Waals surface area contributed by atoms with Crippen molar-refractivity contribution in [1.29, 1.82) is 0 Å². The molecule has 1 fully saturated rings. The predicted octanol–water partition coefficient (Wildman–Crippen LogP) is 2.10. The van der Waals surface area contributed by atoms with Crippen LogP contribution in [0.25, 0.3) is 10.6 Å². The van der Waals surface area contributed by atoms with Crippen molar-refractivity contribution in [1.82, 2.24) is 14.8 Å². The number of hydrogen-bond donors (Lipinski definition) is 0. The van der Waals surface area contributed by atoms with Crippen molar-refractivity contribution in [2.24, 2.45) is 0 Å². The van der Waals surface area contributed by atoms with Gasteiger partial charge in [0.05, 0.1) is 12.3 Å². The molecule has 0 aliphatic carbocycles. The summed E-state index contributed by atoms with van der Waals surface area (Å²) < 4.78 is 5.59. The zero-order chi connectivity index (χ0) is 16.2. The monoisotopic (exact) mass is 331 g/mol. The van der Waals surface area contributed by atoms with E-state index in [4.69, 9.17) is 9.72 Å². The molecule has 122 valence electrons. The highest BCUT2D eigenvalue weighted by Crippen LogP contribution is 2.24. The molecule has 1 aliphatic rings. The van der Waals surface area contributed by atoms with E-state index in [9.17, 15) is 4.79 Å². The summed E-state index contributed by atoms with van der Waals surface area (Å²) in [5, 5.41) is 3.13. The molecule has 6 heteroatoms. The molecule has 0 radical (unpaired) electrons. The number of benzene rings is 1. The van der Waals surface area contributed by atoms with Gasteiger partial charge in [-0.25, -0.2) is 4.98 Å². The molecule has 5 nitrogen and oxygen atoms in total. The molecular formula is C17H21N3O2S. The smallest absolute Gasteiger partial charge is 0.252 e. The van der Waals surface area contributed by atoms with E-state index in [0.29, 0.717) is 13.2 Å². The van der Waals surface area contributed by atoms with E-state index in [-0.39, 0.29) is 12.0 Å². The maximum atomic E-state index is 12.0. The molecule has 1 aliphatic heterocycles.